The molecule has 0 aliphatic carbocycles. The number of benzene rings is 3. The average molecular weight is 755 g/mol. The van der Waals surface area contributed by atoms with Crippen molar-refractivity contribution in [3.05, 3.63) is 100 Å². The van der Waals surface area contributed by atoms with E-state index in [1.54, 1.807) is 6.33 Å². The Hall–Kier alpha value is -4.71. The number of imidazole rings is 1. The third-order valence-electron chi connectivity index (χ3n) is 9.54. The van der Waals surface area contributed by atoms with Gasteiger partial charge in [-0.2, -0.15) is 44.3 Å². The van der Waals surface area contributed by atoms with Crippen LogP contribution in [-0.2, 0) is 45.2 Å². The van der Waals surface area contributed by atoms with Crippen molar-refractivity contribution in [2.24, 2.45) is 7.05 Å². The summed E-state index contributed by atoms with van der Waals surface area (Å²) < 4.78 is 126. The molecule has 53 heavy (non-hydrogen) atoms. The van der Waals surface area contributed by atoms with Crippen molar-refractivity contribution in [2.75, 3.05) is 18.0 Å². The van der Waals surface area contributed by atoms with Crippen LogP contribution in [0.25, 0.3) is 11.0 Å². The molecule has 1 fully saturated rings. The maximum atomic E-state index is 14.1. The van der Waals surface area contributed by atoms with Gasteiger partial charge in [0.25, 0.3) is 5.95 Å². The van der Waals surface area contributed by atoms with Gasteiger partial charge in [0.05, 0.1) is 53.2 Å². The number of aryl methyl sites for hydroxylation is 1. The third kappa shape index (κ3) is 8.59. The molecule has 1 aliphatic rings. The van der Waals surface area contributed by atoms with Crippen LogP contribution in [0.2, 0.25) is 0 Å². The summed E-state index contributed by atoms with van der Waals surface area (Å²) in [5.74, 6) is -0.218. The van der Waals surface area contributed by atoms with Crippen LogP contribution in [-0.4, -0.2) is 58.5 Å². The quantitative estimate of drug-likeness (QED) is 0.146. The first-order valence-corrected chi connectivity index (χ1v) is 16.7. The van der Waals surface area contributed by atoms with E-state index in [1.807, 2.05) is 35.8 Å². The zero-order valence-corrected chi connectivity index (χ0v) is 28.5. The van der Waals surface area contributed by atoms with Crippen LogP contribution in [0.5, 0.6) is 0 Å². The molecule has 18 heteroatoms. The van der Waals surface area contributed by atoms with Crippen LogP contribution in [0.3, 0.4) is 0 Å². The van der Waals surface area contributed by atoms with Gasteiger partial charge in [0.2, 0.25) is 0 Å². The molecule has 0 bridgehead atoms. The largest absolute Gasteiger partial charge is 0.416 e. The van der Waals surface area contributed by atoms with E-state index in [0.29, 0.717) is 50.0 Å². The minimum atomic E-state index is -5.11. The molecule has 6 rings (SSSR count). The van der Waals surface area contributed by atoms with Crippen molar-refractivity contribution in [3.8, 4) is 0 Å². The summed E-state index contributed by atoms with van der Waals surface area (Å²) in [6.45, 7) is 1.89. The molecule has 1 unspecified atom stereocenters. The number of halogens is 9. The first-order valence-electron chi connectivity index (χ1n) is 16.7. The smallest absolute Gasteiger partial charge is 0.388 e. The van der Waals surface area contributed by atoms with Gasteiger partial charge in [0.15, 0.2) is 0 Å². The fourth-order valence-corrected chi connectivity index (χ4v) is 6.92. The fraction of sp³-hybridized carbons (Fsp3) is 0.429. The first-order chi connectivity index (χ1) is 24.8. The zero-order valence-electron chi connectivity index (χ0n) is 28.5. The Bertz CT molecular complexity index is 2010. The lowest BCUT2D eigenvalue weighted by molar-refractivity contribution is -0.143. The number of aliphatic hydroxyl groups is 1. The number of nitrogens with zero attached hydrogens (tertiary/aromatic N) is 8. The molecule has 0 saturated carbocycles. The highest BCUT2D eigenvalue weighted by atomic mass is 19.4. The lowest BCUT2D eigenvalue weighted by Gasteiger charge is -2.42. The van der Waals surface area contributed by atoms with Gasteiger partial charge in [-0.3, -0.25) is 4.90 Å². The normalized spacial score (nSPS) is 16.3. The number of likely N-dealkylation sites (tertiary alicyclic amines) is 1. The van der Waals surface area contributed by atoms with Crippen molar-refractivity contribution in [2.45, 2.75) is 76.0 Å². The number of rotatable bonds is 10. The van der Waals surface area contributed by atoms with Crippen LogP contribution >= 0.6 is 0 Å². The first kappa shape index (κ1) is 38.0. The van der Waals surface area contributed by atoms with E-state index >= 15 is 0 Å². The van der Waals surface area contributed by atoms with Crippen molar-refractivity contribution in [3.63, 3.8) is 0 Å². The second-order valence-corrected chi connectivity index (χ2v) is 13.3. The van der Waals surface area contributed by atoms with Gasteiger partial charge in [0, 0.05) is 32.2 Å². The zero-order chi connectivity index (χ0) is 38.3. The molecule has 1 N–H and O–H groups in total. The molecule has 9 nitrogen and oxygen atoms in total. The maximum Gasteiger partial charge on any atom is 0.416 e. The van der Waals surface area contributed by atoms with Gasteiger partial charge in [0.1, 0.15) is 0 Å². The van der Waals surface area contributed by atoms with Gasteiger partial charge in [-0.15, -0.1) is 5.10 Å². The van der Waals surface area contributed by atoms with E-state index in [9.17, 15) is 44.6 Å². The number of aromatic nitrogens is 6. The highest BCUT2D eigenvalue weighted by molar-refractivity contribution is 5.74. The number of piperidine rings is 1. The molecule has 2 aromatic heterocycles. The standard InChI is InChI=1S/C35H35F9N8O/c1-3-29(50-12-10-32(53,11-13-50)20-52-21-45-28-6-4-5-7-30(28)52)27-9-8-24(33(36,37)38)16-23(27)19-51(31-46-48-49(2)47-31)18-22-14-25(34(39,40)41)17-26(15-22)35(42,43)44/h4-9,14-17,21,29,53H,3,10-13,18-20H2,1-2H3. The Kier molecular flexibility index (Phi) is 10.2. The number of hydrogen-bond donors (Lipinski definition) is 1. The molecule has 1 aliphatic heterocycles. The Morgan fingerprint density at radius 2 is 1.47 bits per heavy atom. The molecular formula is C35H35F9N8O. The topological polar surface area (TPSA) is 88.1 Å². The molecular weight excluding hydrogens is 719 g/mol. The minimum absolute atomic E-state index is 0.00246. The summed E-state index contributed by atoms with van der Waals surface area (Å²) in [4.78, 5) is 8.65. The lowest BCUT2D eigenvalue weighted by atomic mass is 9.88. The van der Waals surface area contributed by atoms with Crippen molar-refractivity contribution >= 4 is 17.0 Å². The lowest BCUT2D eigenvalue weighted by Crippen LogP contribution is -2.47. The van der Waals surface area contributed by atoms with Crippen LogP contribution < -0.4 is 4.90 Å². The fourth-order valence-electron chi connectivity index (χ4n) is 6.92. The monoisotopic (exact) mass is 754 g/mol. The van der Waals surface area contributed by atoms with Crippen molar-refractivity contribution in [1.29, 1.82) is 0 Å². The summed E-state index contributed by atoms with van der Waals surface area (Å²) in [5.41, 5.74) is -3.32. The highest BCUT2D eigenvalue weighted by Gasteiger charge is 2.39. The van der Waals surface area contributed by atoms with E-state index in [0.717, 1.165) is 28.0 Å². The second kappa shape index (κ2) is 14.3. The van der Waals surface area contributed by atoms with E-state index < -0.39 is 65.5 Å². The molecule has 3 heterocycles. The second-order valence-electron chi connectivity index (χ2n) is 13.3. The van der Waals surface area contributed by atoms with Crippen molar-refractivity contribution < 1.29 is 44.6 Å². The Labute approximate surface area is 297 Å². The van der Waals surface area contributed by atoms with Gasteiger partial charge in [-0.25, -0.2) is 4.98 Å². The van der Waals surface area contributed by atoms with E-state index in [4.69, 9.17) is 0 Å². The van der Waals surface area contributed by atoms with Crippen molar-refractivity contribution in [1.82, 2.24) is 34.7 Å². The Balaban J connectivity index is 1.32. The number of fused-ring (bicyclic) bond motifs is 1. The molecule has 0 spiro atoms. The van der Waals surface area contributed by atoms with E-state index in [-0.39, 0.29) is 24.1 Å². The Morgan fingerprint density at radius 3 is 2.06 bits per heavy atom. The summed E-state index contributed by atoms with van der Waals surface area (Å²) in [5, 5.41) is 23.3. The van der Waals surface area contributed by atoms with E-state index in [2.05, 4.69) is 25.3 Å². The van der Waals surface area contributed by atoms with Gasteiger partial charge >= 0.3 is 18.5 Å². The molecule has 3 aromatic carbocycles. The van der Waals surface area contributed by atoms with Crippen LogP contribution in [0.4, 0.5) is 45.5 Å². The van der Waals surface area contributed by atoms with Gasteiger partial charge < -0.3 is 14.6 Å². The number of tetrazole rings is 1. The predicted octanol–water partition coefficient (Wildman–Crippen LogP) is 7.80. The number of para-hydroxylation sites is 2. The molecule has 5 aromatic rings. The highest BCUT2D eigenvalue weighted by Crippen LogP contribution is 2.39. The van der Waals surface area contributed by atoms with Crippen LogP contribution in [0.1, 0.15) is 65.6 Å². The number of alkyl halides is 9. The van der Waals surface area contributed by atoms with Gasteiger partial charge in [-0.1, -0.05) is 30.2 Å². The average Bonchev–Trinajstić information content (AvgIpc) is 3.70. The van der Waals surface area contributed by atoms with E-state index in [1.165, 1.54) is 18.0 Å². The van der Waals surface area contributed by atoms with Gasteiger partial charge in [-0.05, 0) is 83.6 Å². The number of anilines is 1. The Morgan fingerprint density at radius 1 is 0.830 bits per heavy atom. The molecule has 0 radical (unpaired) electrons. The molecule has 1 saturated heterocycles. The number of hydrogen-bond acceptors (Lipinski definition) is 7. The molecule has 1 atom stereocenters. The molecule has 0 amide bonds. The summed E-state index contributed by atoms with van der Waals surface area (Å²) in [7, 11) is 1.39. The third-order valence-corrected chi connectivity index (χ3v) is 9.54. The SMILES string of the molecule is CCC(c1ccc(C(F)(F)F)cc1CN(Cc1cc(C(F)(F)F)cc(C(F)(F)F)c1)c1nnn(C)n1)N1CCC(O)(Cn2cnc3ccccc32)CC1. The summed E-state index contributed by atoms with van der Waals surface area (Å²) in [6, 6.07) is 11.4. The maximum absolute atomic E-state index is 14.1. The summed E-state index contributed by atoms with van der Waals surface area (Å²) in [6.07, 6.45) is -12.2. The minimum Gasteiger partial charge on any atom is -0.388 e. The van der Waals surface area contributed by atoms with Crippen LogP contribution in [0.15, 0.2) is 67.0 Å². The molecule has 284 valence electrons. The summed E-state index contributed by atoms with van der Waals surface area (Å²) >= 11 is 0. The van der Waals surface area contributed by atoms with Crippen LogP contribution in [0, 0.1) is 0 Å². The predicted molar refractivity (Wildman–Crippen MR) is 175 cm³/mol.